The van der Waals surface area contributed by atoms with Crippen molar-refractivity contribution in [1.82, 2.24) is 30.1 Å². The SMILES string of the molecule is COc1ccc(Cn2nnc(C(=O)NCc3c4c(nn3C)CCCC4)c2C)cc1. The fourth-order valence-electron chi connectivity index (χ4n) is 3.84. The Morgan fingerprint density at radius 3 is 2.72 bits per heavy atom. The summed E-state index contributed by atoms with van der Waals surface area (Å²) in [6.45, 7) is 2.86. The Labute approximate surface area is 169 Å². The summed E-state index contributed by atoms with van der Waals surface area (Å²) < 4.78 is 8.82. The summed E-state index contributed by atoms with van der Waals surface area (Å²) in [6, 6.07) is 7.77. The first-order valence-electron chi connectivity index (χ1n) is 9.91. The minimum Gasteiger partial charge on any atom is -0.497 e. The second kappa shape index (κ2) is 8.06. The molecule has 0 saturated heterocycles. The number of benzene rings is 1. The zero-order valence-corrected chi connectivity index (χ0v) is 17.1. The van der Waals surface area contributed by atoms with Crippen molar-refractivity contribution in [2.45, 2.75) is 45.7 Å². The van der Waals surface area contributed by atoms with Crippen molar-refractivity contribution in [2.75, 3.05) is 7.11 Å². The van der Waals surface area contributed by atoms with Crippen molar-refractivity contribution in [3.63, 3.8) is 0 Å². The highest BCUT2D eigenvalue weighted by Crippen LogP contribution is 2.23. The molecule has 29 heavy (non-hydrogen) atoms. The molecule has 0 unspecified atom stereocenters. The van der Waals surface area contributed by atoms with Gasteiger partial charge in [-0.05, 0) is 55.9 Å². The Kier molecular flexibility index (Phi) is 5.33. The van der Waals surface area contributed by atoms with Crippen LogP contribution in [0.2, 0.25) is 0 Å². The maximum atomic E-state index is 12.7. The molecule has 3 aromatic rings. The Bertz CT molecular complexity index is 1020. The molecule has 1 aromatic carbocycles. The number of aryl methyl sites for hydroxylation is 2. The van der Waals surface area contributed by atoms with Crippen LogP contribution < -0.4 is 10.1 Å². The standard InChI is InChI=1S/C21H26N6O2/c1-14-20(23-25-27(14)13-15-8-10-16(29-3)11-9-15)21(28)22-12-19-17-6-4-5-7-18(17)24-26(19)2/h8-11H,4-7,12-13H2,1-3H3,(H,22,28). The van der Waals surface area contributed by atoms with Gasteiger partial charge in [0, 0.05) is 7.05 Å². The van der Waals surface area contributed by atoms with Gasteiger partial charge in [0.25, 0.3) is 5.91 Å². The van der Waals surface area contributed by atoms with Crippen molar-refractivity contribution in [2.24, 2.45) is 7.05 Å². The lowest BCUT2D eigenvalue weighted by atomic mass is 9.96. The summed E-state index contributed by atoms with van der Waals surface area (Å²) in [6.07, 6.45) is 4.42. The van der Waals surface area contributed by atoms with Crippen LogP contribution in [0.15, 0.2) is 24.3 Å². The Balaban J connectivity index is 1.44. The lowest BCUT2D eigenvalue weighted by molar-refractivity contribution is 0.0944. The third kappa shape index (κ3) is 3.87. The number of methoxy groups -OCH3 is 1. The molecule has 0 saturated carbocycles. The van der Waals surface area contributed by atoms with E-state index in [2.05, 4.69) is 20.7 Å². The minimum absolute atomic E-state index is 0.214. The van der Waals surface area contributed by atoms with E-state index in [1.54, 1.807) is 11.8 Å². The van der Waals surface area contributed by atoms with Gasteiger partial charge in [-0.1, -0.05) is 17.3 Å². The van der Waals surface area contributed by atoms with Gasteiger partial charge in [0.15, 0.2) is 5.69 Å². The van der Waals surface area contributed by atoms with Crippen LogP contribution in [0.5, 0.6) is 5.75 Å². The van der Waals surface area contributed by atoms with Gasteiger partial charge in [0.1, 0.15) is 5.75 Å². The third-order valence-corrected chi connectivity index (χ3v) is 5.55. The van der Waals surface area contributed by atoms with Crippen molar-refractivity contribution in [1.29, 1.82) is 0 Å². The summed E-state index contributed by atoms with van der Waals surface area (Å²) in [5, 5.41) is 15.9. The lowest BCUT2D eigenvalue weighted by Gasteiger charge is -2.12. The molecule has 4 rings (SSSR count). The monoisotopic (exact) mass is 394 g/mol. The van der Waals surface area contributed by atoms with E-state index >= 15 is 0 Å². The summed E-state index contributed by atoms with van der Waals surface area (Å²) in [7, 11) is 3.58. The molecule has 0 aliphatic heterocycles. The molecule has 1 amide bonds. The van der Waals surface area contributed by atoms with Gasteiger partial charge in [-0.15, -0.1) is 5.10 Å². The van der Waals surface area contributed by atoms with Crippen LogP contribution >= 0.6 is 0 Å². The zero-order chi connectivity index (χ0) is 20.4. The number of carbonyl (C=O) groups excluding carboxylic acids is 1. The van der Waals surface area contributed by atoms with Gasteiger partial charge >= 0.3 is 0 Å². The van der Waals surface area contributed by atoms with Gasteiger partial charge < -0.3 is 10.1 Å². The number of fused-ring (bicyclic) bond motifs is 1. The predicted octanol–water partition coefficient (Wildman–Crippen LogP) is 2.19. The van der Waals surface area contributed by atoms with E-state index in [4.69, 9.17) is 4.74 Å². The maximum Gasteiger partial charge on any atom is 0.274 e. The van der Waals surface area contributed by atoms with Gasteiger partial charge in [0.05, 0.1) is 37.3 Å². The van der Waals surface area contributed by atoms with Crippen LogP contribution in [0.25, 0.3) is 0 Å². The Morgan fingerprint density at radius 2 is 1.97 bits per heavy atom. The summed E-state index contributed by atoms with van der Waals surface area (Å²) in [4.78, 5) is 12.7. The number of nitrogens with zero attached hydrogens (tertiary/aromatic N) is 5. The smallest absolute Gasteiger partial charge is 0.274 e. The van der Waals surface area contributed by atoms with Crippen LogP contribution in [-0.2, 0) is 33.0 Å². The quantitative estimate of drug-likeness (QED) is 0.693. The highest BCUT2D eigenvalue weighted by atomic mass is 16.5. The molecule has 2 aromatic heterocycles. The average Bonchev–Trinajstić information content (AvgIpc) is 3.26. The van der Waals surface area contributed by atoms with E-state index < -0.39 is 0 Å². The van der Waals surface area contributed by atoms with Crippen LogP contribution in [0.1, 0.15) is 51.5 Å². The first kappa shape index (κ1) is 19.2. The summed E-state index contributed by atoms with van der Waals surface area (Å²) >= 11 is 0. The van der Waals surface area contributed by atoms with E-state index in [0.29, 0.717) is 18.8 Å². The largest absolute Gasteiger partial charge is 0.497 e. The van der Waals surface area contributed by atoms with Crippen molar-refractivity contribution < 1.29 is 9.53 Å². The molecule has 0 radical (unpaired) electrons. The summed E-state index contributed by atoms with van der Waals surface area (Å²) in [5.74, 6) is 0.593. The molecule has 8 heteroatoms. The van der Waals surface area contributed by atoms with Crippen molar-refractivity contribution in [3.05, 3.63) is 58.2 Å². The molecule has 0 atom stereocenters. The van der Waals surface area contributed by atoms with E-state index in [0.717, 1.165) is 35.5 Å². The highest BCUT2D eigenvalue weighted by molar-refractivity contribution is 5.93. The topological polar surface area (TPSA) is 86.9 Å². The fourth-order valence-corrected chi connectivity index (χ4v) is 3.84. The third-order valence-electron chi connectivity index (χ3n) is 5.55. The van der Waals surface area contributed by atoms with Crippen molar-refractivity contribution in [3.8, 4) is 5.75 Å². The average molecular weight is 394 g/mol. The first-order valence-corrected chi connectivity index (χ1v) is 9.91. The first-order chi connectivity index (χ1) is 14.1. The second-order valence-electron chi connectivity index (χ2n) is 7.41. The van der Waals surface area contributed by atoms with Gasteiger partial charge in [-0.2, -0.15) is 5.10 Å². The van der Waals surface area contributed by atoms with Crippen LogP contribution in [0, 0.1) is 6.92 Å². The van der Waals surface area contributed by atoms with Gasteiger partial charge in [-0.3, -0.25) is 9.48 Å². The number of hydrogen-bond donors (Lipinski definition) is 1. The Hall–Kier alpha value is -3.16. The van der Waals surface area contributed by atoms with E-state index in [-0.39, 0.29) is 5.91 Å². The number of carbonyl (C=O) groups is 1. The Morgan fingerprint density at radius 1 is 1.21 bits per heavy atom. The van der Waals surface area contributed by atoms with Crippen LogP contribution in [0.3, 0.4) is 0 Å². The molecule has 0 fully saturated rings. The highest BCUT2D eigenvalue weighted by Gasteiger charge is 2.21. The lowest BCUT2D eigenvalue weighted by Crippen LogP contribution is -2.26. The number of hydrogen-bond acceptors (Lipinski definition) is 5. The van der Waals surface area contributed by atoms with E-state index in [1.165, 1.54) is 24.1 Å². The molecule has 1 N–H and O–H groups in total. The molecule has 1 aliphatic rings. The minimum atomic E-state index is -0.214. The molecule has 152 valence electrons. The predicted molar refractivity (Wildman–Crippen MR) is 108 cm³/mol. The molecule has 2 heterocycles. The second-order valence-corrected chi connectivity index (χ2v) is 7.41. The molecule has 1 aliphatic carbocycles. The molecule has 0 spiro atoms. The summed E-state index contributed by atoms with van der Waals surface area (Å²) in [5.41, 5.74) is 5.70. The number of nitrogens with one attached hydrogen (secondary N) is 1. The number of amides is 1. The van der Waals surface area contributed by atoms with Gasteiger partial charge in [0.2, 0.25) is 0 Å². The number of rotatable bonds is 6. The van der Waals surface area contributed by atoms with Crippen molar-refractivity contribution >= 4 is 5.91 Å². The maximum absolute atomic E-state index is 12.7. The molecular formula is C21H26N6O2. The van der Waals surface area contributed by atoms with E-state index in [9.17, 15) is 4.79 Å². The van der Waals surface area contributed by atoms with Crippen LogP contribution in [-0.4, -0.2) is 37.8 Å². The zero-order valence-electron chi connectivity index (χ0n) is 17.1. The molecule has 8 nitrogen and oxygen atoms in total. The van der Waals surface area contributed by atoms with Crippen LogP contribution in [0.4, 0.5) is 0 Å². The molecule has 0 bridgehead atoms. The fraction of sp³-hybridized carbons (Fsp3) is 0.429. The number of ether oxygens (including phenoxy) is 1. The normalized spacial score (nSPS) is 13.2. The molecular weight excluding hydrogens is 368 g/mol. The van der Waals surface area contributed by atoms with E-state index in [1.807, 2.05) is 42.9 Å². The van der Waals surface area contributed by atoms with Gasteiger partial charge in [-0.25, -0.2) is 4.68 Å². The number of aromatic nitrogens is 5.